The molecule has 2 nitrogen and oxygen atoms in total. The minimum absolute atomic E-state index is 0.115. The van der Waals surface area contributed by atoms with Gasteiger partial charge < -0.3 is 4.74 Å². The third kappa shape index (κ3) is 3.06. The Bertz CT molecular complexity index is 332. The molecule has 82 valence electrons. The first-order chi connectivity index (χ1) is 7.06. The van der Waals surface area contributed by atoms with Crippen LogP contribution in [-0.4, -0.2) is 13.1 Å². The lowest BCUT2D eigenvalue weighted by Crippen LogP contribution is -2.18. The van der Waals surface area contributed by atoms with Crippen molar-refractivity contribution < 1.29 is 9.53 Å². The second-order valence-corrected chi connectivity index (χ2v) is 4.57. The largest absolute Gasteiger partial charge is 0.469 e. The third-order valence-corrected chi connectivity index (χ3v) is 3.25. The van der Waals surface area contributed by atoms with E-state index in [1.807, 2.05) is 38.1 Å². The van der Waals surface area contributed by atoms with Crippen molar-refractivity contribution in [1.29, 1.82) is 0 Å². The molecule has 0 fully saturated rings. The number of hydrogen-bond donors (Lipinski definition) is 0. The van der Waals surface area contributed by atoms with E-state index in [0.717, 1.165) is 10.0 Å². The average molecular weight is 271 g/mol. The molecule has 1 aromatic rings. The summed E-state index contributed by atoms with van der Waals surface area (Å²) in [5, 5.41) is 0. The SMILES string of the molecule is COC(=O)C(C)[C@H](C)c1ccc(Br)cc1. The smallest absolute Gasteiger partial charge is 0.308 e. The number of ether oxygens (including phenoxy) is 1. The normalized spacial score (nSPS) is 14.4. The number of methoxy groups -OCH3 is 1. The quantitative estimate of drug-likeness (QED) is 0.788. The van der Waals surface area contributed by atoms with Gasteiger partial charge in [-0.1, -0.05) is 41.9 Å². The minimum Gasteiger partial charge on any atom is -0.469 e. The zero-order valence-electron chi connectivity index (χ0n) is 9.16. The summed E-state index contributed by atoms with van der Waals surface area (Å²) >= 11 is 3.38. The first-order valence-electron chi connectivity index (χ1n) is 4.89. The van der Waals surface area contributed by atoms with Gasteiger partial charge in [-0.15, -0.1) is 0 Å². The molecule has 0 N–H and O–H groups in total. The second kappa shape index (κ2) is 5.31. The van der Waals surface area contributed by atoms with Gasteiger partial charge in [0.2, 0.25) is 0 Å². The molecule has 1 aromatic carbocycles. The topological polar surface area (TPSA) is 26.3 Å². The predicted octanol–water partition coefficient (Wildman–Crippen LogP) is 3.36. The standard InChI is InChI=1S/C12H15BrO2/c1-8(9(2)12(14)15-3)10-4-6-11(13)7-5-10/h4-9H,1-3H3/t8-,9?/m0/s1. The maximum Gasteiger partial charge on any atom is 0.308 e. The van der Waals surface area contributed by atoms with Crippen LogP contribution in [0.2, 0.25) is 0 Å². The number of benzene rings is 1. The summed E-state index contributed by atoms with van der Waals surface area (Å²) in [5.41, 5.74) is 1.15. The predicted molar refractivity (Wildman–Crippen MR) is 63.7 cm³/mol. The molecular formula is C12H15BrO2. The van der Waals surface area contributed by atoms with Gasteiger partial charge in [0.25, 0.3) is 0 Å². The van der Waals surface area contributed by atoms with Gasteiger partial charge in [-0.25, -0.2) is 0 Å². The summed E-state index contributed by atoms with van der Waals surface area (Å²) in [6.45, 7) is 3.92. The van der Waals surface area contributed by atoms with E-state index in [4.69, 9.17) is 4.74 Å². The van der Waals surface area contributed by atoms with Gasteiger partial charge >= 0.3 is 5.97 Å². The Kier molecular flexibility index (Phi) is 4.33. The van der Waals surface area contributed by atoms with Gasteiger partial charge in [-0.3, -0.25) is 4.79 Å². The molecule has 15 heavy (non-hydrogen) atoms. The molecule has 0 aromatic heterocycles. The average Bonchev–Trinajstić information content (AvgIpc) is 2.27. The van der Waals surface area contributed by atoms with E-state index in [1.54, 1.807) is 0 Å². The van der Waals surface area contributed by atoms with Crippen molar-refractivity contribution in [3.63, 3.8) is 0 Å². The van der Waals surface area contributed by atoms with Crippen LogP contribution in [-0.2, 0) is 9.53 Å². The Morgan fingerprint density at radius 2 is 1.80 bits per heavy atom. The molecule has 0 bridgehead atoms. The molecule has 0 aliphatic carbocycles. The highest BCUT2D eigenvalue weighted by atomic mass is 79.9. The molecule has 0 saturated heterocycles. The van der Waals surface area contributed by atoms with E-state index in [0.29, 0.717) is 0 Å². The van der Waals surface area contributed by atoms with Gasteiger partial charge in [-0.2, -0.15) is 0 Å². The maximum absolute atomic E-state index is 11.4. The van der Waals surface area contributed by atoms with Gasteiger partial charge in [0, 0.05) is 4.47 Å². The molecule has 0 heterocycles. The van der Waals surface area contributed by atoms with Crippen molar-refractivity contribution in [2.75, 3.05) is 7.11 Å². The summed E-state index contributed by atoms with van der Waals surface area (Å²) in [4.78, 5) is 11.4. The number of carbonyl (C=O) groups is 1. The molecule has 3 heteroatoms. The summed E-state index contributed by atoms with van der Waals surface area (Å²) < 4.78 is 5.78. The molecule has 0 amide bonds. The van der Waals surface area contributed by atoms with Crippen molar-refractivity contribution in [2.45, 2.75) is 19.8 Å². The lowest BCUT2D eigenvalue weighted by atomic mass is 9.89. The Morgan fingerprint density at radius 1 is 1.27 bits per heavy atom. The number of hydrogen-bond acceptors (Lipinski definition) is 2. The zero-order chi connectivity index (χ0) is 11.4. The van der Waals surface area contributed by atoms with Crippen molar-refractivity contribution in [1.82, 2.24) is 0 Å². The maximum atomic E-state index is 11.4. The summed E-state index contributed by atoms with van der Waals surface area (Å²) in [7, 11) is 1.42. The van der Waals surface area contributed by atoms with E-state index >= 15 is 0 Å². The number of halogens is 1. The van der Waals surface area contributed by atoms with E-state index < -0.39 is 0 Å². The zero-order valence-corrected chi connectivity index (χ0v) is 10.7. The first kappa shape index (κ1) is 12.2. The van der Waals surface area contributed by atoms with Crippen LogP contribution >= 0.6 is 15.9 Å². The van der Waals surface area contributed by atoms with E-state index in [2.05, 4.69) is 15.9 Å². The molecule has 0 radical (unpaired) electrons. The summed E-state index contributed by atoms with van der Waals surface area (Å²) in [5.74, 6) is -0.104. The van der Waals surface area contributed by atoms with Gasteiger partial charge in [0.05, 0.1) is 13.0 Å². The van der Waals surface area contributed by atoms with Gasteiger partial charge in [0.1, 0.15) is 0 Å². The fraction of sp³-hybridized carbons (Fsp3) is 0.417. The fourth-order valence-electron chi connectivity index (χ4n) is 1.45. The van der Waals surface area contributed by atoms with Crippen LogP contribution in [0.15, 0.2) is 28.7 Å². The Hall–Kier alpha value is -0.830. The summed E-state index contributed by atoms with van der Waals surface area (Å²) in [6, 6.07) is 8.01. The van der Waals surface area contributed by atoms with Crippen LogP contribution in [0.3, 0.4) is 0 Å². The van der Waals surface area contributed by atoms with Gasteiger partial charge in [0.15, 0.2) is 0 Å². The number of rotatable bonds is 3. The van der Waals surface area contributed by atoms with E-state index in [-0.39, 0.29) is 17.8 Å². The third-order valence-electron chi connectivity index (χ3n) is 2.72. The Morgan fingerprint density at radius 3 is 2.27 bits per heavy atom. The van der Waals surface area contributed by atoms with Crippen molar-refractivity contribution >= 4 is 21.9 Å². The molecule has 2 atom stereocenters. The van der Waals surface area contributed by atoms with Gasteiger partial charge in [-0.05, 0) is 23.6 Å². The lowest BCUT2D eigenvalue weighted by molar-refractivity contribution is -0.145. The highest BCUT2D eigenvalue weighted by molar-refractivity contribution is 9.10. The fourth-order valence-corrected chi connectivity index (χ4v) is 1.71. The molecular weight excluding hydrogens is 256 g/mol. The van der Waals surface area contributed by atoms with Crippen molar-refractivity contribution in [3.05, 3.63) is 34.3 Å². The lowest BCUT2D eigenvalue weighted by Gasteiger charge is -2.17. The molecule has 0 aliphatic rings. The summed E-state index contributed by atoms with van der Waals surface area (Å²) in [6.07, 6.45) is 0. The minimum atomic E-state index is -0.162. The second-order valence-electron chi connectivity index (χ2n) is 3.65. The molecule has 1 rings (SSSR count). The van der Waals surface area contributed by atoms with Crippen LogP contribution in [0.1, 0.15) is 25.3 Å². The molecule has 0 spiro atoms. The van der Waals surface area contributed by atoms with E-state index in [9.17, 15) is 4.79 Å². The monoisotopic (exact) mass is 270 g/mol. The van der Waals surface area contributed by atoms with E-state index in [1.165, 1.54) is 7.11 Å². The number of esters is 1. The molecule has 1 unspecified atom stereocenters. The Labute approximate surface area is 98.8 Å². The van der Waals surface area contributed by atoms with Crippen LogP contribution < -0.4 is 0 Å². The highest BCUT2D eigenvalue weighted by Crippen LogP contribution is 2.26. The first-order valence-corrected chi connectivity index (χ1v) is 5.69. The van der Waals surface area contributed by atoms with Crippen molar-refractivity contribution in [2.24, 2.45) is 5.92 Å². The van der Waals surface area contributed by atoms with Crippen LogP contribution in [0.5, 0.6) is 0 Å². The van der Waals surface area contributed by atoms with Crippen LogP contribution in [0.25, 0.3) is 0 Å². The van der Waals surface area contributed by atoms with Crippen molar-refractivity contribution in [3.8, 4) is 0 Å². The molecule has 0 aliphatic heterocycles. The highest BCUT2D eigenvalue weighted by Gasteiger charge is 2.21. The van der Waals surface area contributed by atoms with Crippen LogP contribution in [0, 0.1) is 5.92 Å². The van der Waals surface area contributed by atoms with Crippen LogP contribution in [0.4, 0.5) is 0 Å². The molecule has 0 saturated carbocycles. The number of carbonyl (C=O) groups excluding carboxylic acids is 1. The Balaban J connectivity index is 2.80.